The summed E-state index contributed by atoms with van der Waals surface area (Å²) in [5, 5.41) is 12.1. The van der Waals surface area contributed by atoms with Gasteiger partial charge in [-0.15, -0.1) is 11.3 Å². The van der Waals surface area contributed by atoms with Gasteiger partial charge in [0.1, 0.15) is 10.7 Å². The van der Waals surface area contributed by atoms with Crippen LogP contribution in [0.2, 0.25) is 0 Å². The van der Waals surface area contributed by atoms with E-state index in [-0.39, 0.29) is 17.0 Å². The number of H-pyrrole nitrogens is 1. The molecule has 0 bridgehead atoms. The fourth-order valence-electron chi connectivity index (χ4n) is 1.87. The van der Waals surface area contributed by atoms with E-state index in [1.54, 1.807) is 13.8 Å². The Kier molecular flexibility index (Phi) is 3.95. The molecule has 110 valence electrons. The molecule has 0 aliphatic carbocycles. The molecule has 0 aliphatic rings. The summed E-state index contributed by atoms with van der Waals surface area (Å²) < 4.78 is 0. The zero-order valence-electron chi connectivity index (χ0n) is 11.7. The molecule has 0 unspecified atom stereocenters. The van der Waals surface area contributed by atoms with Gasteiger partial charge in [-0.25, -0.2) is 4.79 Å². The number of hydrogen-bond donors (Lipinski definition) is 3. The Morgan fingerprint density at radius 3 is 2.48 bits per heavy atom. The summed E-state index contributed by atoms with van der Waals surface area (Å²) in [6, 6.07) is 1.44. The number of aromatic carboxylic acids is 1. The number of carboxylic acids is 1. The molecule has 3 N–H and O–H groups in total. The number of carbonyl (C=O) groups excluding carboxylic acids is 2. The van der Waals surface area contributed by atoms with Crippen molar-refractivity contribution in [3.8, 4) is 0 Å². The van der Waals surface area contributed by atoms with Crippen LogP contribution < -0.4 is 5.32 Å². The lowest BCUT2D eigenvalue weighted by Crippen LogP contribution is -2.13. The highest BCUT2D eigenvalue weighted by molar-refractivity contribution is 7.16. The molecule has 2 heterocycles. The van der Waals surface area contributed by atoms with Gasteiger partial charge in [-0.2, -0.15) is 0 Å². The Bertz CT molecular complexity index is 742. The summed E-state index contributed by atoms with van der Waals surface area (Å²) in [6.45, 7) is 4.90. The third-order valence-corrected chi connectivity index (χ3v) is 4.28. The number of Topliss-reactive ketones (excluding diaryl/α,β-unsaturated/α-hetero) is 1. The number of carbonyl (C=O) groups is 3. The van der Waals surface area contributed by atoms with E-state index in [1.165, 1.54) is 30.5 Å². The number of aryl methyl sites for hydroxylation is 1. The molecule has 0 aromatic carbocycles. The molecule has 2 aromatic rings. The van der Waals surface area contributed by atoms with Gasteiger partial charge >= 0.3 is 5.97 Å². The second kappa shape index (κ2) is 5.53. The van der Waals surface area contributed by atoms with Gasteiger partial charge in [0.15, 0.2) is 5.78 Å². The molecule has 0 atom stereocenters. The van der Waals surface area contributed by atoms with E-state index < -0.39 is 11.9 Å². The zero-order valence-corrected chi connectivity index (χ0v) is 12.6. The third-order valence-electron chi connectivity index (χ3n) is 3.16. The van der Waals surface area contributed by atoms with Gasteiger partial charge in [-0.3, -0.25) is 9.59 Å². The molecule has 21 heavy (non-hydrogen) atoms. The first-order chi connectivity index (χ1) is 9.81. The number of aromatic nitrogens is 1. The van der Waals surface area contributed by atoms with Gasteiger partial charge in [-0.1, -0.05) is 0 Å². The van der Waals surface area contributed by atoms with E-state index in [0.717, 1.165) is 4.88 Å². The Labute approximate surface area is 124 Å². The molecular formula is C14H14N2O4S. The minimum absolute atomic E-state index is 0.101. The van der Waals surface area contributed by atoms with E-state index in [4.69, 9.17) is 0 Å². The highest BCUT2D eigenvalue weighted by Crippen LogP contribution is 2.32. The van der Waals surface area contributed by atoms with Crippen molar-refractivity contribution in [2.24, 2.45) is 0 Å². The number of carboxylic acid groups (broad SMARTS) is 1. The normalized spacial score (nSPS) is 10.4. The van der Waals surface area contributed by atoms with Gasteiger partial charge in [-0.05, 0) is 32.4 Å². The maximum absolute atomic E-state index is 12.1. The van der Waals surface area contributed by atoms with Crippen LogP contribution in [0.3, 0.4) is 0 Å². The maximum Gasteiger partial charge on any atom is 0.338 e. The van der Waals surface area contributed by atoms with E-state index >= 15 is 0 Å². The number of ketones is 1. The van der Waals surface area contributed by atoms with Crippen molar-refractivity contribution in [3.63, 3.8) is 0 Å². The number of nitrogens with one attached hydrogen (secondary N) is 2. The minimum Gasteiger partial charge on any atom is -0.478 e. The van der Waals surface area contributed by atoms with E-state index in [0.29, 0.717) is 16.1 Å². The largest absolute Gasteiger partial charge is 0.478 e. The fourth-order valence-corrected chi connectivity index (χ4v) is 2.92. The average Bonchev–Trinajstić information content (AvgIpc) is 2.96. The molecule has 1 amide bonds. The summed E-state index contributed by atoms with van der Waals surface area (Å²) >= 11 is 1.21. The highest BCUT2D eigenvalue weighted by atomic mass is 32.1. The van der Waals surface area contributed by atoms with Crippen LogP contribution >= 0.6 is 11.3 Å². The van der Waals surface area contributed by atoms with E-state index in [2.05, 4.69) is 10.3 Å². The smallest absolute Gasteiger partial charge is 0.338 e. The van der Waals surface area contributed by atoms with E-state index in [1.807, 2.05) is 0 Å². The van der Waals surface area contributed by atoms with Gasteiger partial charge in [0.05, 0.1) is 5.56 Å². The molecular weight excluding hydrogens is 292 g/mol. The van der Waals surface area contributed by atoms with Crippen molar-refractivity contribution >= 4 is 34.0 Å². The maximum atomic E-state index is 12.1. The molecule has 2 rings (SSSR count). The molecule has 6 nitrogen and oxygen atoms in total. The van der Waals surface area contributed by atoms with Crippen molar-refractivity contribution in [2.45, 2.75) is 20.8 Å². The first-order valence-corrected chi connectivity index (χ1v) is 6.97. The van der Waals surface area contributed by atoms with Crippen LogP contribution in [0.15, 0.2) is 12.3 Å². The molecule has 0 saturated carbocycles. The number of hydrogen-bond acceptors (Lipinski definition) is 4. The van der Waals surface area contributed by atoms with Gasteiger partial charge < -0.3 is 15.4 Å². The fraction of sp³-hybridized carbons (Fsp3) is 0.214. The minimum atomic E-state index is -1.08. The number of thiophene rings is 1. The first-order valence-electron chi connectivity index (χ1n) is 6.15. The summed E-state index contributed by atoms with van der Waals surface area (Å²) in [5.41, 5.74) is 1.35. The van der Waals surface area contributed by atoms with Crippen molar-refractivity contribution in [3.05, 3.63) is 39.5 Å². The van der Waals surface area contributed by atoms with Crippen LogP contribution in [-0.2, 0) is 0 Å². The lowest BCUT2D eigenvalue weighted by Gasteiger charge is -2.03. The summed E-state index contributed by atoms with van der Waals surface area (Å²) in [7, 11) is 0. The molecule has 0 spiro atoms. The Balaban J connectivity index is 2.29. The molecule has 0 aliphatic heterocycles. The lowest BCUT2D eigenvalue weighted by atomic mass is 10.1. The summed E-state index contributed by atoms with van der Waals surface area (Å²) in [6.07, 6.45) is 1.44. The van der Waals surface area contributed by atoms with Crippen LogP contribution in [0.25, 0.3) is 0 Å². The molecule has 7 heteroatoms. The van der Waals surface area contributed by atoms with Crippen LogP contribution in [0.1, 0.15) is 48.6 Å². The van der Waals surface area contributed by atoms with Gasteiger partial charge in [0, 0.05) is 16.6 Å². The van der Waals surface area contributed by atoms with Crippen LogP contribution in [-0.4, -0.2) is 27.8 Å². The summed E-state index contributed by atoms with van der Waals surface area (Å²) in [4.78, 5) is 38.1. The zero-order chi connectivity index (χ0) is 15.7. The number of anilines is 1. The Hall–Kier alpha value is -2.41. The second-order valence-corrected chi connectivity index (χ2v) is 5.83. The Morgan fingerprint density at radius 2 is 1.95 bits per heavy atom. The molecule has 2 aromatic heterocycles. The van der Waals surface area contributed by atoms with Crippen LogP contribution in [0.5, 0.6) is 0 Å². The number of amides is 1. The number of aromatic amines is 1. The van der Waals surface area contributed by atoms with Crippen molar-refractivity contribution in [2.75, 3.05) is 5.32 Å². The van der Waals surface area contributed by atoms with Crippen LogP contribution in [0.4, 0.5) is 5.00 Å². The SMILES string of the molecule is CC(=O)c1c[nH]c(C(=O)Nc2sc(C)c(C)c2C(=O)O)c1. The molecule has 0 saturated heterocycles. The highest BCUT2D eigenvalue weighted by Gasteiger charge is 2.21. The first kappa shape index (κ1) is 15.0. The average molecular weight is 306 g/mol. The third kappa shape index (κ3) is 2.87. The molecule has 0 radical (unpaired) electrons. The number of rotatable bonds is 4. The topological polar surface area (TPSA) is 99.3 Å². The summed E-state index contributed by atoms with van der Waals surface area (Å²) in [5.74, 6) is -1.71. The van der Waals surface area contributed by atoms with Gasteiger partial charge in [0.2, 0.25) is 0 Å². The predicted molar refractivity (Wildman–Crippen MR) is 79.5 cm³/mol. The lowest BCUT2D eigenvalue weighted by molar-refractivity contribution is 0.0697. The monoisotopic (exact) mass is 306 g/mol. The quantitative estimate of drug-likeness (QED) is 0.756. The second-order valence-electron chi connectivity index (χ2n) is 4.60. The van der Waals surface area contributed by atoms with Crippen molar-refractivity contribution < 1.29 is 19.5 Å². The van der Waals surface area contributed by atoms with Gasteiger partial charge in [0.25, 0.3) is 5.91 Å². The Morgan fingerprint density at radius 1 is 1.29 bits per heavy atom. The van der Waals surface area contributed by atoms with Crippen molar-refractivity contribution in [1.29, 1.82) is 0 Å². The van der Waals surface area contributed by atoms with Crippen LogP contribution in [0, 0.1) is 13.8 Å². The predicted octanol–water partition coefficient (Wildman–Crippen LogP) is 2.85. The van der Waals surface area contributed by atoms with E-state index in [9.17, 15) is 19.5 Å². The van der Waals surface area contributed by atoms with Crippen molar-refractivity contribution in [1.82, 2.24) is 4.98 Å². The molecule has 0 fully saturated rings. The standard InChI is InChI=1S/C14H14N2O4S/c1-6-8(3)21-13(11(6)14(19)20)16-12(18)10-4-9(5-15-10)7(2)17/h4-5,15H,1-3H3,(H,16,18)(H,19,20).